The number of nitrogens with one attached hydrogen (secondary N) is 2. The van der Waals surface area contributed by atoms with Gasteiger partial charge in [-0.1, -0.05) is 51.9 Å². The number of nitrogens with zero attached hydrogens (tertiary/aromatic N) is 2. The zero-order valence-corrected chi connectivity index (χ0v) is 20.7. The van der Waals surface area contributed by atoms with Crippen LogP contribution in [0, 0.1) is 5.92 Å². The maximum absolute atomic E-state index is 11.6. The first-order valence-electron chi connectivity index (χ1n) is 10.4. The predicted octanol–water partition coefficient (Wildman–Crippen LogP) is 3.58. The van der Waals surface area contributed by atoms with Crippen LogP contribution in [0.5, 0.6) is 0 Å². The van der Waals surface area contributed by atoms with E-state index in [-0.39, 0.29) is 24.0 Å². The Kier molecular flexibility index (Phi) is 15.7. The van der Waals surface area contributed by atoms with Crippen molar-refractivity contribution in [3.05, 3.63) is 0 Å². The van der Waals surface area contributed by atoms with Crippen molar-refractivity contribution in [2.45, 2.75) is 71.6 Å². The molecule has 2 N–H and O–H groups in total. The van der Waals surface area contributed by atoms with Crippen LogP contribution in [-0.2, 0) is 10.0 Å². The molecule has 0 aromatic heterocycles. The topological polar surface area (TPSA) is 73.8 Å². The molecule has 0 saturated carbocycles. The first-order valence-corrected chi connectivity index (χ1v) is 12.3. The Morgan fingerprint density at radius 2 is 1.67 bits per heavy atom. The van der Waals surface area contributed by atoms with Crippen LogP contribution < -0.4 is 10.6 Å². The summed E-state index contributed by atoms with van der Waals surface area (Å²) in [4.78, 5) is 4.65. The van der Waals surface area contributed by atoms with Crippen molar-refractivity contribution in [2.24, 2.45) is 10.9 Å². The lowest BCUT2D eigenvalue weighted by Crippen LogP contribution is -2.38. The van der Waals surface area contributed by atoms with Crippen LogP contribution in [0.1, 0.15) is 71.6 Å². The van der Waals surface area contributed by atoms with Crippen molar-refractivity contribution in [3.63, 3.8) is 0 Å². The van der Waals surface area contributed by atoms with Crippen molar-refractivity contribution < 1.29 is 8.42 Å². The normalized spacial score (nSPS) is 18.3. The summed E-state index contributed by atoms with van der Waals surface area (Å²) in [7, 11) is -3.06. The molecule has 0 aromatic carbocycles. The van der Waals surface area contributed by atoms with Crippen LogP contribution in [0.15, 0.2) is 4.99 Å². The Balaban J connectivity index is 0.00000676. The average molecular weight is 517 g/mol. The molecule has 1 atom stereocenters. The van der Waals surface area contributed by atoms with Crippen LogP contribution in [0.3, 0.4) is 0 Å². The SMILES string of the molecule is CCCCCCCCCCNC(=NCC1CCN(S(C)(=O)=O)C1)NCC.I. The van der Waals surface area contributed by atoms with Gasteiger partial charge in [-0.3, -0.25) is 4.99 Å². The Morgan fingerprint density at radius 1 is 1.04 bits per heavy atom. The van der Waals surface area contributed by atoms with Gasteiger partial charge in [-0.05, 0) is 25.7 Å². The van der Waals surface area contributed by atoms with Gasteiger partial charge in [-0.15, -0.1) is 24.0 Å². The fourth-order valence-electron chi connectivity index (χ4n) is 3.28. The summed E-state index contributed by atoms with van der Waals surface area (Å²) in [6.45, 7) is 8.00. The molecule has 0 radical (unpaired) electrons. The van der Waals surface area contributed by atoms with Crippen molar-refractivity contribution >= 4 is 40.0 Å². The summed E-state index contributed by atoms with van der Waals surface area (Å²) >= 11 is 0. The molecule has 1 fully saturated rings. The van der Waals surface area contributed by atoms with E-state index in [1.165, 1.54) is 57.6 Å². The van der Waals surface area contributed by atoms with Gasteiger partial charge >= 0.3 is 0 Å². The molecule has 6 nitrogen and oxygen atoms in total. The third-order valence-corrected chi connectivity index (χ3v) is 6.16. The molecule has 0 aliphatic carbocycles. The highest BCUT2D eigenvalue weighted by Crippen LogP contribution is 2.18. The Hall–Kier alpha value is -0.0900. The molecule has 1 unspecified atom stereocenters. The van der Waals surface area contributed by atoms with Crippen molar-refractivity contribution in [3.8, 4) is 0 Å². The lowest BCUT2D eigenvalue weighted by Gasteiger charge is -2.14. The van der Waals surface area contributed by atoms with Gasteiger partial charge in [0.1, 0.15) is 0 Å². The summed E-state index contributed by atoms with van der Waals surface area (Å²) in [5.74, 6) is 1.18. The number of guanidine groups is 1. The molecule has 1 aliphatic heterocycles. The third-order valence-electron chi connectivity index (χ3n) is 4.89. The standard InChI is InChI=1S/C19H40N4O2S.HI/c1-4-6-7-8-9-10-11-12-14-21-19(20-5-2)22-16-18-13-15-23(17-18)26(3,24)25;/h18H,4-17H2,1-3H3,(H2,20,21,22);1H. The van der Waals surface area contributed by atoms with Crippen molar-refractivity contribution in [1.82, 2.24) is 14.9 Å². The van der Waals surface area contributed by atoms with Gasteiger partial charge in [0.2, 0.25) is 10.0 Å². The van der Waals surface area contributed by atoms with E-state index < -0.39 is 10.0 Å². The molecule has 1 saturated heterocycles. The van der Waals surface area contributed by atoms with E-state index in [1.807, 2.05) is 0 Å². The number of halogens is 1. The minimum Gasteiger partial charge on any atom is -0.357 e. The summed E-state index contributed by atoms with van der Waals surface area (Å²) in [5.41, 5.74) is 0. The predicted molar refractivity (Wildman–Crippen MR) is 127 cm³/mol. The van der Waals surface area contributed by atoms with Crippen LogP contribution in [0.25, 0.3) is 0 Å². The van der Waals surface area contributed by atoms with Gasteiger partial charge in [0, 0.05) is 32.7 Å². The summed E-state index contributed by atoms with van der Waals surface area (Å²) < 4.78 is 24.7. The molecule has 1 aliphatic rings. The molecule has 0 amide bonds. The molecule has 1 heterocycles. The zero-order chi connectivity index (χ0) is 19.3. The number of unbranched alkanes of at least 4 members (excludes halogenated alkanes) is 7. The quantitative estimate of drug-likeness (QED) is 0.170. The van der Waals surface area contributed by atoms with Gasteiger partial charge in [0.15, 0.2) is 5.96 Å². The molecule has 1 rings (SSSR count). The van der Waals surface area contributed by atoms with Gasteiger partial charge in [-0.25, -0.2) is 12.7 Å². The first kappa shape index (κ1) is 26.9. The summed E-state index contributed by atoms with van der Waals surface area (Å²) in [5, 5.41) is 6.68. The van der Waals surface area contributed by atoms with E-state index in [0.29, 0.717) is 25.6 Å². The van der Waals surface area contributed by atoms with Crippen LogP contribution in [-0.4, -0.2) is 57.7 Å². The number of hydrogen-bond donors (Lipinski definition) is 2. The van der Waals surface area contributed by atoms with Crippen LogP contribution in [0.2, 0.25) is 0 Å². The first-order chi connectivity index (χ1) is 12.5. The second kappa shape index (κ2) is 15.8. The highest BCUT2D eigenvalue weighted by molar-refractivity contribution is 14.0. The highest BCUT2D eigenvalue weighted by Gasteiger charge is 2.28. The van der Waals surface area contributed by atoms with E-state index >= 15 is 0 Å². The number of rotatable bonds is 13. The smallest absolute Gasteiger partial charge is 0.211 e. The molecule has 0 aromatic rings. The van der Waals surface area contributed by atoms with E-state index in [0.717, 1.165) is 25.5 Å². The average Bonchev–Trinajstić information content (AvgIpc) is 3.07. The van der Waals surface area contributed by atoms with E-state index in [2.05, 4.69) is 29.5 Å². The molecule has 0 bridgehead atoms. The van der Waals surface area contributed by atoms with Gasteiger partial charge in [-0.2, -0.15) is 0 Å². The number of hydrogen-bond acceptors (Lipinski definition) is 3. The molecular weight excluding hydrogens is 475 g/mol. The van der Waals surface area contributed by atoms with Gasteiger partial charge in [0.05, 0.1) is 6.26 Å². The molecule has 27 heavy (non-hydrogen) atoms. The van der Waals surface area contributed by atoms with Crippen LogP contribution in [0.4, 0.5) is 0 Å². The second-order valence-electron chi connectivity index (χ2n) is 7.40. The minimum atomic E-state index is -3.06. The van der Waals surface area contributed by atoms with Crippen LogP contribution >= 0.6 is 24.0 Å². The fourth-order valence-corrected chi connectivity index (χ4v) is 4.19. The molecule has 8 heteroatoms. The largest absolute Gasteiger partial charge is 0.357 e. The van der Waals surface area contributed by atoms with Gasteiger partial charge in [0.25, 0.3) is 0 Å². The molecule has 0 spiro atoms. The maximum Gasteiger partial charge on any atom is 0.211 e. The van der Waals surface area contributed by atoms with E-state index in [9.17, 15) is 8.42 Å². The van der Waals surface area contributed by atoms with Crippen molar-refractivity contribution in [1.29, 1.82) is 0 Å². The molecular formula is C19H41IN4O2S. The van der Waals surface area contributed by atoms with Crippen molar-refractivity contribution in [2.75, 3.05) is 39.0 Å². The number of sulfonamides is 1. The fraction of sp³-hybridized carbons (Fsp3) is 0.947. The Bertz CT molecular complexity index is 500. The zero-order valence-electron chi connectivity index (χ0n) is 17.5. The lowest BCUT2D eigenvalue weighted by atomic mass is 10.1. The highest BCUT2D eigenvalue weighted by atomic mass is 127. The van der Waals surface area contributed by atoms with E-state index in [4.69, 9.17) is 0 Å². The van der Waals surface area contributed by atoms with E-state index in [1.54, 1.807) is 4.31 Å². The molecule has 162 valence electrons. The second-order valence-corrected chi connectivity index (χ2v) is 9.38. The summed E-state index contributed by atoms with van der Waals surface area (Å²) in [6.07, 6.45) is 12.7. The third kappa shape index (κ3) is 12.9. The Morgan fingerprint density at radius 3 is 2.22 bits per heavy atom. The summed E-state index contributed by atoms with van der Waals surface area (Å²) in [6, 6.07) is 0. The van der Waals surface area contributed by atoms with Gasteiger partial charge < -0.3 is 10.6 Å². The lowest BCUT2D eigenvalue weighted by molar-refractivity contribution is 0.464. The monoisotopic (exact) mass is 516 g/mol. The number of aliphatic imine (C=N–C) groups is 1. The minimum absolute atomic E-state index is 0. The Labute approximate surface area is 184 Å². The maximum atomic E-state index is 11.6.